The molecule has 0 fully saturated rings. The molecule has 2 rings (SSSR count). The Morgan fingerprint density at radius 2 is 1.45 bits per heavy atom. The van der Waals surface area contributed by atoms with Gasteiger partial charge in [0.25, 0.3) is 5.91 Å². The van der Waals surface area contributed by atoms with Gasteiger partial charge in [0.2, 0.25) is 10.0 Å². The first kappa shape index (κ1) is 24.5. The van der Waals surface area contributed by atoms with Crippen LogP contribution in [-0.2, 0) is 22.4 Å². The highest BCUT2D eigenvalue weighted by Crippen LogP contribution is 2.37. The maximum Gasteiger partial charge on any atom is 0.416 e. The number of rotatable bonds is 5. The summed E-state index contributed by atoms with van der Waals surface area (Å²) >= 11 is 0. The van der Waals surface area contributed by atoms with E-state index < -0.39 is 50.7 Å². The zero-order valence-electron chi connectivity index (χ0n) is 16.2. The molecule has 0 saturated carbocycles. The number of methoxy groups -OCH3 is 1. The molecule has 0 unspecified atom stereocenters. The van der Waals surface area contributed by atoms with Crippen molar-refractivity contribution in [1.29, 1.82) is 0 Å². The lowest BCUT2D eigenvalue weighted by Gasteiger charge is -2.16. The summed E-state index contributed by atoms with van der Waals surface area (Å²) in [4.78, 5) is 12.3. The van der Waals surface area contributed by atoms with Gasteiger partial charge in [0.15, 0.2) is 0 Å². The summed E-state index contributed by atoms with van der Waals surface area (Å²) in [6.07, 6.45) is -10.2. The van der Waals surface area contributed by atoms with Gasteiger partial charge >= 0.3 is 12.4 Å². The first-order valence-corrected chi connectivity index (χ1v) is 9.72. The number of sulfonamides is 1. The molecule has 0 radical (unpaired) electrons. The van der Waals surface area contributed by atoms with Crippen LogP contribution in [0.3, 0.4) is 0 Å². The second-order valence-electron chi connectivity index (χ2n) is 6.40. The number of halogens is 6. The van der Waals surface area contributed by atoms with Crippen molar-refractivity contribution in [2.45, 2.75) is 17.2 Å². The molecule has 0 saturated heterocycles. The van der Waals surface area contributed by atoms with Crippen LogP contribution in [0.2, 0.25) is 0 Å². The Hall–Kier alpha value is -2.80. The fraction of sp³-hybridized carbons (Fsp3) is 0.278. The van der Waals surface area contributed by atoms with Crippen LogP contribution < -0.4 is 10.1 Å². The van der Waals surface area contributed by atoms with Crippen LogP contribution in [-0.4, -0.2) is 39.8 Å². The fourth-order valence-corrected chi connectivity index (χ4v) is 3.39. The molecule has 1 N–H and O–H groups in total. The van der Waals surface area contributed by atoms with Crippen molar-refractivity contribution in [3.63, 3.8) is 0 Å². The fourth-order valence-electron chi connectivity index (χ4n) is 2.46. The summed E-state index contributed by atoms with van der Waals surface area (Å²) in [7, 11) is -0.358. The summed E-state index contributed by atoms with van der Waals surface area (Å²) < 4.78 is 108. The Labute approximate surface area is 173 Å². The minimum absolute atomic E-state index is 0.0828. The molecule has 0 atom stereocenters. The van der Waals surface area contributed by atoms with Crippen molar-refractivity contribution in [1.82, 2.24) is 4.31 Å². The molecule has 31 heavy (non-hydrogen) atoms. The van der Waals surface area contributed by atoms with E-state index in [4.69, 9.17) is 4.74 Å². The Kier molecular flexibility index (Phi) is 6.62. The summed E-state index contributed by atoms with van der Waals surface area (Å²) in [5.74, 6) is -1.31. The van der Waals surface area contributed by atoms with E-state index in [-0.39, 0.29) is 16.7 Å². The van der Waals surface area contributed by atoms with Crippen molar-refractivity contribution in [3.8, 4) is 5.75 Å². The lowest BCUT2D eigenvalue weighted by atomic mass is 10.1. The first-order valence-electron chi connectivity index (χ1n) is 8.28. The van der Waals surface area contributed by atoms with Crippen molar-refractivity contribution >= 4 is 21.6 Å². The Morgan fingerprint density at radius 3 is 1.87 bits per heavy atom. The Morgan fingerprint density at radius 1 is 0.935 bits per heavy atom. The minimum Gasteiger partial charge on any atom is -0.496 e. The number of amides is 1. The predicted octanol–water partition coefficient (Wildman–Crippen LogP) is 4.24. The van der Waals surface area contributed by atoms with E-state index in [1.54, 1.807) is 0 Å². The normalized spacial score (nSPS) is 12.7. The summed E-state index contributed by atoms with van der Waals surface area (Å²) in [5, 5.41) is 1.94. The smallest absolute Gasteiger partial charge is 0.416 e. The highest BCUT2D eigenvalue weighted by molar-refractivity contribution is 7.89. The molecular formula is C18H16F6N2O4S. The molecule has 6 nitrogen and oxygen atoms in total. The van der Waals surface area contributed by atoms with Crippen LogP contribution in [0.5, 0.6) is 5.75 Å². The van der Waals surface area contributed by atoms with E-state index in [9.17, 15) is 39.6 Å². The monoisotopic (exact) mass is 470 g/mol. The molecule has 0 aliphatic rings. The zero-order chi connectivity index (χ0) is 23.8. The second-order valence-corrected chi connectivity index (χ2v) is 8.55. The van der Waals surface area contributed by atoms with Crippen LogP contribution >= 0.6 is 0 Å². The van der Waals surface area contributed by atoms with E-state index in [1.807, 2.05) is 5.32 Å². The van der Waals surface area contributed by atoms with Gasteiger partial charge in [-0.05, 0) is 36.4 Å². The molecule has 1 amide bonds. The summed E-state index contributed by atoms with van der Waals surface area (Å²) in [6, 6.07) is 3.76. The first-order chi connectivity index (χ1) is 14.1. The highest BCUT2D eigenvalue weighted by Gasteiger charge is 2.37. The van der Waals surface area contributed by atoms with Crippen molar-refractivity contribution in [2.24, 2.45) is 0 Å². The zero-order valence-corrected chi connectivity index (χ0v) is 17.0. The van der Waals surface area contributed by atoms with Crippen LogP contribution in [0, 0.1) is 0 Å². The van der Waals surface area contributed by atoms with Gasteiger partial charge in [-0.25, -0.2) is 12.7 Å². The van der Waals surface area contributed by atoms with Crippen molar-refractivity contribution in [3.05, 3.63) is 53.1 Å². The van der Waals surface area contributed by atoms with Gasteiger partial charge in [0.05, 0.1) is 28.7 Å². The molecular weight excluding hydrogens is 454 g/mol. The Bertz CT molecular complexity index is 1060. The van der Waals surface area contributed by atoms with Gasteiger partial charge in [-0.1, -0.05) is 0 Å². The largest absolute Gasteiger partial charge is 0.496 e. The van der Waals surface area contributed by atoms with Gasteiger partial charge in [-0.2, -0.15) is 26.3 Å². The van der Waals surface area contributed by atoms with Crippen LogP contribution in [0.25, 0.3) is 0 Å². The number of nitrogens with one attached hydrogen (secondary N) is 1. The van der Waals surface area contributed by atoms with E-state index >= 15 is 0 Å². The van der Waals surface area contributed by atoms with E-state index in [1.165, 1.54) is 14.1 Å². The molecule has 0 bridgehead atoms. The number of alkyl halides is 6. The van der Waals surface area contributed by atoms with E-state index in [2.05, 4.69) is 0 Å². The van der Waals surface area contributed by atoms with Gasteiger partial charge in [-0.3, -0.25) is 4.79 Å². The van der Waals surface area contributed by atoms with Crippen LogP contribution in [0.4, 0.5) is 32.0 Å². The molecule has 2 aromatic rings. The number of ether oxygens (including phenoxy) is 1. The summed E-state index contributed by atoms with van der Waals surface area (Å²) in [6.45, 7) is 0. The van der Waals surface area contributed by atoms with E-state index in [0.29, 0.717) is 12.1 Å². The molecule has 0 spiro atoms. The molecule has 13 heteroatoms. The Balaban J connectivity index is 2.54. The molecule has 0 aliphatic carbocycles. The predicted molar refractivity (Wildman–Crippen MR) is 98.3 cm³/mol. The minimum atomic E-state index is -5.10. The van der Waals surface area contributed by atoms with Gasteiger partial charge in [0, 0.05) is 19.8 Å². The van der Waals surface area contributed by atoms with Crippen LogP contribution in [0.1, 0.15) is 21.5 Å². The number of hydrogen-bond donors (Lipinski definition) is 1. The number of anilines is 1. The van der Waals surface area contributed by atoms with Crippen LogP contribution in [0.15, 0.2) is 41.3 Å². The van der Waals surface area contributed by atoms with Gasteiger partial charge < -0.3 is 10.1 Å². The molecule has 170 valence electrons. The third-order valence-electron chi connectivity index (χ3n) is 4.04. The van der Waals surface area contributed by atoms with Gasteiger partial charge in [0.1, 0.15) is 5.75 Å². The molecule has 0 heterocycles. The average Bonchev–Trinajstić information content (AvgIpc) is 2.65. The lowest BCUT2D eigenvalue weighted by molar-refractivity contribution is -0.143. The van der Waals surface area contributed by atoms with E-state index in [0.717, 1.165) is 29.6 Å². The average molecular weight is 470 g/mol. The maximum absolute atomic E-state index is 13.0. The number of hydrogen-bond acceptors (Lipinski definition) is 4. The SMILES string of the molecule is COc1ccc(S(=O)(=O)N(C)C)cc1C(=O)Nc1cc(C(F)(F)F)cc(C(F)(F)F)c1. The number of nitrogens with zero attached hydrogens (tertiary/aromatic N) is 1. The number of carbonyl (C=O) groups excluding carboxylic acids is 1. The van der Waals surface area contributed by atoms with Crippen molar-refractivity contribution < 1.29 is 44.3 Å². The number of carbonyl (C=O) groups is 1. The second kappa shape index (κ2) is 8.38. The molecule has 2 aromatic carbocycles. The third-order valence-corrected chi connectivity index (χ3v) is 5.85. The maximum atomic E-state index is 13.0. The highest BCUT2D eigenvalue weighted by atomic mass is 32.2. The number of benzene rings is 2. The molecule has 0 aromatic heterocycles. The lowest BCUT2D eigenvalue weighted by Crippen LogP contribution is -2.23. The standard InChI is InChI=1S/C18H16F6N2O4S/c1-26(2)31(28,29)13-4-5-15(30-3)14(9-13)16(27)25-12-7-10(17(19,20)21)6-11(8-12)18(22,23)24/h4-9H,1-3H3,(H,25,27). The molecule has 0 aliphatic heterocycles. The summed E-state index contributed by atoms with van der Waals surface area (Å²) in [5.41, 5.74) is -4.42. The topological polar surface area (TPSA) is 75.7 Å². The van der Waals surface area contributed by atoms with Crippen molar-refractivity contribution in [2.75, 3.05) is 26.5 Å². The van der Waals surface area contributed by atoms with Gasteiger partial charge in [-0.15, -0.1) is 0 Å². The quantitative estimate of drug-likeness (QED) is 0.664. The third kappa shape index (κ3) is 5.47.